The standard InChI is InChI=1S/C12H24N2O3.ClH/c1-7(2)5-9(13)11(16)12(17)14-10(15)6-8(3)4;/h7-9,11,16H,5-6,13H2,1-4H3,(H,14,15,17);1H/t9-,11?;/m0./s1. The summed E-state index contributed by atoms with van der Waals surface area (Å²) in [5.74, 6) is -0.618. The minimum Gasteiger partial charge on any atom is -0.382 e. The topological polar surface area (TPSA) is 92.4 Å². The van der Waals surface area contributed by atoms with Gasteiger partial charge in [0.1, 0.15) is 6.10 Å². The van der Waals surface area contributed by atoms with Gasteiger partial charge in [-0.25, -0.2) is 0 Å². The van der Waals surface area contributed by atoms with Gasteiger partial charge in [-0.15, -0.1) is 12.4 Å². The molecule has 0 fully saturated rings. The lowest BCUT2D eigenvalue weighted by molar-refractivity contribution is -0.136. The number of hydrogen-bond donors (Lipinski definition) is 3. The maximum Gasteiger partial charge on any atom is 0.257 e. The fourth-order valence-corrected chi connectivity index (χ4v) is 1.50. The van der Waals surface area contributed by atoms with Gasteiger partial charge in [0.2, 0.25) is 5.91 Å². The maximum absolute atomic E-state index is 11.5. The smallest absolute Gasteiger partial charge is 0.257 e. The minimum atomic E-state index is -1.33. The largest absolute Gasteiger partial charge is 0.382 e. The van der Waals surface area contributed by atoms with E-state index < -0.39 is 18.1 Å². The third kappa shape index (κ3) is 8.44. The van der Waals surface area contributed by atoms with E-state index in [-0.39, 0.29) is 30.7 Å². The van der Waals surface area contributed by atoms with Gasteiger partial charge in [-0.05, 0) is 18.3 Å². The highest BCUT2D eigenvalue weighted by Gasteiger charge is 2.25. The molecule has 0 spiro atoms. The quantitative estimate of drug-likeness (QED) is 0.672. The van der Waals surface area contributed by atoms with E-state index in [4.69, 9.17) is 5.73 Å². The van der Waals surface area contributed by atoms with Gasteiger partial charge in [0.15, 0.2) is 0 Å². The van der Waals surface area contributed by atoms with Crippen LogP contribution in [0.4, 0.5) is 0 Å². The Morgan fingerprint density at radius 3 is 2.06 bits per heavy atom. The highest BCUT2D eigenvalue weighted by molar-refractivity contribution is 5.97. The second-order valence-electron chi connectivity index (χ2n) is 5.25. The molecule has 0 bridgehead atoms. The lowest BCUT2D eigenvalue weighted by atomic mass is 9.99. The Labute approximate surface area is 115 Å². The van der Waals surface area contributed by atoms with Crippen molar-refractivity contribution in [2.45, 2.75) is 52.7 Å². The molecule has 0 aromatic heterocycles. The first-order chi connectivity index (χ1) is 7.73. The zero-order valence-corrected chi connectivity index (χ0v) is 12.3. The van der Waals surface area contributed by atoms with Gasteiger partial charge >= 0.3 is 0 Å². The lowest BCUT2D eigenvalue weighted by Crippen LogP contribution is -2.48. The Hall–Kier alpha value is -0.650. The molecule has 18 heavy (non-hydrogen) atoms. The van der Waals surface area contributed by atoms with Crippen molar-refractivity contribution >= 4 is 24.2 Å². The molecule has 1 unspecified atom stereocenters. The molecule has 0 aliphatic carbocycles. The van der Waals surface area contributed by atoms with Crippen LogP contribution in [0, 0.1) is 11.8 Å². The zero-order chi connectivity index (χ0) is 13.6. The van der Waals surface area contributed by atoms with Crippen molar-refractivity contribution in [1.82, 2.24) is 5.32 Å². The van der Waals surface area contributed by atoms with E-state index in [1.807, 2.05) is 27.7 Å². The summed E-state index contributed by atoms with van der Waals surface area (Å²) < 4.78 is 0. The van der Waals surface area contributed by atoms with Gasteiger partial charge in [-0.2, -0.15) is 0 Å². The van der Waals surface area contributed by atoms with Gasteiger partial charge in [0.25, 0.3) is 5.91 Å². The third-order valence-corrected chi connectivity index (χ3v) is 2.27. The maximum atomic E-state index is 11.5. The summed E-state index contributed by atoms with van der Waals surface area (Å²) in [7, 11) is 0. The number of aliphatic hydroxyl groups excluding tert-OH is 1. The molecular formula is C12H25ClN2O3. The predicted molar refractivity (Wildman–Crippen MR) is 73.3 cm³/mol. The van der Waals surface area contributed by atoms with E-state index in [0.717, 1.165) is 0 Å². The number of halogens is 1. The van der Waals surface area contributed by atoms with Gasteiger partial charge in [-0.3, -0.25) is 14.9 Å². The molecule has 0 aliphatic rings. The van der Waals surface area contributed by atoms with E-state index in [0.29, 0.717) is 12.3 Å². The summed E-state index contributed by atoms with van der Waals surface area (Å²) in [6, 6.07) is -0.637. The summed E-state index contributed by atoms with van der Waals surface area (Å²) in [6.45, 7) is 7.67. The normalized spacial score (nSPS) is 14.0. The fraction of sp³-hybridized carbons (Fsp3) is 0.833. The van der Waals surface area contributed by atoms with E-state index in [2.05, 4.69) is 5.32 Å². The molecule has 0 aromatic carbocycles. The molecule has 0 saturated heterocycles. The van der Waals surface area contributed by atoms with Crippen molar-refractivity contribution in [3.63, 3.8) is 0 Å². The Bertz CT molecular complexity index is 270. The first kappa shape index (κ1) is 19.7. The monoisotopic (exact) mass is 280 g/mol. The van der Waals surface area contributed by atoms with Gasteiger partial charge < -0.3 is 10.8 Å². The van der Waals surface area contributed by atoms with Gasteiger partial charge in [-0.1, -0.05) is 27.7 Å². The lowest BCUT2D eigenvalue weighted by Gasteiger charge is -2.19. The molecule has 6 heteroatoms. The zero-order valence-electron chi connectivity index (χ0n) is 11.5. The van der Waals surface area contributed by atoms with Gasteiger partial charge in [0.05, 0.1) is 0 Å². The Morgan fingerprint density at radius 2 is 1.67 bits per heavy atom. The number of carbonyl (C=O) groups excluding carboxylic acids is 2. The van der Waals surface area contributed by atoms with Crippen molar-refractivity contribution in [3.05, 3.63) is 0 Å². The first-order valence-electron chi connectivity index (χ1n) is 6.01. The van der Waals surface area contributed by atoms with Crippen molar-refractivity contribution in [3.8, 4) is 0 Å². The number of nitrogens with one attached hydrogen (secondary N) is 1. The van der Waals surface area contributed by atoms with Crippen LogP contribution in [-0.4, -0.2) is 29.1 Å². The number of imide groups is 1. The Morgan fingerprint density at radius 1 is 1.17 bits per heavy atom. The van der Waals surface area contributed by atoms with E-state index in [1.165, 1.54) is 0 Å². The molecule has 0 saturated carbocycles. The Kier molecular flexibility index (Phi) is 10.2. The molecule has 0 rings (SSSR count). The highest BCUT2D eigenvalue weighted by atomic mass is 35.5. The number of carbonyl (C=O) groups is 2. The second-order valence-corrected chi connectivity index (χ2v) is 5.25. The van der Waals surface area contributed by atoms with Crippen LogP contribution in [0.15, 0.2) is 0 Å². The predicted octanol–water partition coefficient (Wildman–Crippen LogP) is 0.831. The molecule has 2 atom stereocenters. The van der Waals surface area contributed by atoms with E-state index >= 15 is 0 Å². The summed E-state index contributed by atoms with van der Waals surface area (Å²) in [4.78, 5) is 22.8. The van der Waals surface area contributed by atoms with Crippen LogP contribution in [-0.2, 0) is 9.59 Å². The highest BCUT2D eigenvalue weighted by Crippen LogP contribution is 2.06. The van der Waals surface area contributed by atoms with Crippen LogP contribution in [0.2, 0.25) is 0 Å². The third-order valence-electron chi connectivity index (χ3n) is 2.27. The van der Waals surface area contributed by atoms with Crippen molar-refractivity contribution in [2.24, 2.45) is 17.6 Å². The average molecular weight is 281 g/mol. The Balaban J connectivity index is 0. The molecule has 2 amide bonds. The number of aliphatic hydroxyl groups is 1. The molecule has 0 aliphatic heterocycles. The summed E-state index contributed by atoms with van der Waals surface area (Å²) in [5.41, 5.74) is 5.67. The van der Waals surface area contributed by atoms with Crippen LogP contribution in [0.25, 0.3) is 0 Å². The SMILES string of the molecule is CC(C)CC(=O)NC(=O)C(O)[C@@H](N)CC(C)C.Cl. The summed E-state index contributed by atoms with van der Waals surface area (Å²) in [5, 5.41) is 11.8. The number of rotatable bonds is 6. The fourth-order valence-electron chi connectivity index (χ4n) is 1.50. The molecule has 108 valence electrons. The molecule has 0 aromatic rings. The van der Waals surface area contributed by atoms with E-state index in [1.54, 1.807) is 0 Å². The number of nitrogens with two attached hydrogens (primary N) is 1. The number of hydrogen-bond acceptors (Lipinski definition) is 4. The molecule has 0 heterocycles. The van der Waals surface area contributed by atoms with Crippen LogP contribution in [0.3, 0.4) is 0 Å². The summed E-state index contributed by atoms with van der Waals surface area (Å²) in [6.07, 6.45) is -0.529. The summed E-state index contributed by atoms with van der Waals surface area (Å²) >= 11 is 0. The number of amides is 2. The van der Waals surface area contributed by atoms with Crippen LogP contribution < -0.4 is 11.1 Å². The van der Waals surface area contributed by atoms with Crippen LogP contribution in [0.5, 0.6) is 0 Å². The van der Waals surface area contributed by atoms with Crippen molar-refractivity contribution in [1.29, 1.82) is 0 Å². The molecule has 5 nitrogen and oxygen atoms in total. The van der Waals surface area contributed by atoms with Gasteiger partial charge in [0, 0.05) is 12.5 Å². The van der Waals surface area contributed by atoms with Crippen LogP contribution >= 0.6 is 12.4 Å². The van der Waals surface area contributed by atoms with Crippen molar-refractivity contribution < 1.29 is 14.7 Å². The second kappa shape index (κ2) is 9.30. The molecular weight excluding hydrogens is 256 g/mol. The van der Waals surface area contributed by atoms with Crippen molar-refractivity contribution in [2.75, 3.05) is 0 Å². The molecule has 0 radical (unpaired) electrons. The van der Waals surface area contributed by atoms with E-state index in [9.17, 15) is 14.7 Å². The molecule has 4 N–H and O–H groups in total. The first-order valence-corrected chi connectivity index (χ1v) is 6.01. The average Bonchev–Trinajstić information content (AvgIpc) is 2.13. The van der Waals surface area contributed by atoms with Crippen LogP contribution in [0.1, 0.15) is 40.5 Å². The minimum absolute atomic E-state index is 0.